The number of hydrogen-bond acceptors (Lipinski definition) is 3. The first kappa shape index (κ1) is 15.4. The van der Waals surface area contributed by atoms with Crippen LogP contribution in [0.3, 0.4) is 0 Å². The van der Waals surface area contributed by atoms with Crippen molar-refractivity contribution in [2.75, 3.05) is 26.2 Å². The molecule has 1 aromatic carbocycles. The molecule has 0 spiro atoms. The number of piperazine rings is 1. The number of hydrogen-bond donors (Lipinski definition) is 2. The monoisotopic (exact) mass is 297 g/mol. The number of likely N-dealkylation sites (N-methyl/N-ethyl adjacent to an activating group) is 1. The Balaban J connectivity index is 2.24. The molecule has 5 nitrogen and oxygen atoms in total. The van der Waals surface area contributed by atoms with Gasteiger partial charge >= 0.3 is 0 Å². The Labute approximate surface area is 121 Å². The van der Waals surface area contributed by atoms with E-state index < -0.39 is 23.6 Å². The summed E-state index contributed by atoms with van der Waals surface area (Å²) >= 11 is 0. The molecule has 1 unspecified atom stereocenters. The lowest BCUT2D eigenvalue weighted by atomic mass is 10.1. The van der Waals surface area contributed by atoms with Gasteiger partial charge in [-0.2, -0.15) is 0 Å². The average Bonchev–Trinajstić information content (AvgIpc) is 2.45. The van der Waals surface area contributed by atoms with Gasteiger partial charge in [0, 0.05) is 37.8 Å². The summed E-state index contributed by atoms with van der Waals surface area (Å²) in [6.45, 7) is 3.38. The van der Waals surface area contributed by atoms with Crippen LogP contribution in [0.2, 0.25) is 0 Å². The highest BCUT2D eigenvalue weighted by molar-refractivity contribution is 5.97. The number of amides is 2. The molecule has 1 aromatic rings. The summed E-state index contributed by atoms with van der Waals surface area (Å²) in [6, 6.07) is 1.97. The lowest BCUT2D eigenvalue weighted by Crippen LogP contribution is -2.59. The van der Waals surface area contributed by atoms with E-state index in [1.54, 1.807) is 6.92 Å². The molecule has 1 aliphatic rings. The van der Waals surface area contributed by atoms with Gasteiger partial charge in [-0.3, -0.25) is 9.59 Å². The summed E-state index contributed by atoms with van der Waals surface area (Å²) in [5.74, 6) is -2.47. The first-order valence-corrected chi connectivity index (χ1v) is 6.78. The molecule has 1 atom stereocenters. The molecule has 1 heterocycles. The van der Waals surface area contributed by atoms with Crippen molar-refractivity contribution in [3.63, 3.8) is 0 Å². The van der Waals surface area contributed by atoms with Gasteiger partial charge < -0.3 is 15.5 Å². The summed E-state index contributed by atoms with van der Waals surface area (Å²) in [5.41, 5.74) is -0.0938. The zero-order chi connectivity index (χ0) is 15.4. The highest BCUT2D eigenvalue weighted by atomic mass is 19.1. The van der Waals surface area contributed by atoms with Gasteiger partial charge in [-0.1, -0.05) is 0 Å². The van der Waals surface area contributed by atoms with Crippen LogP contribution in [0.5, 0.6) is 0 Å². The molecular formula is C14H17F2N3O2. The SMILES string of the molecule is CCNC(=O)C1CNCCN1C(=O)c1cc(F)cc(F)c1. The van der Waals surface area contributed by atoms with Crippen LogP contribution in [0.15, 0.2) is 18.2 Å². The summed E-state index contributed by atoms with van der Waals surface area (Å²) in [7, 11) is 0. The van der Waals surface area contributed by atoms with E-state index in [0.717, 1.165) is 12.1 Å². The fraction of sp³-hybridized carbons (Fsp3) is 0.429. The van der Waals surface area contributed by atoms with Crippen LogP contribution in [-0.4, -0.2) is 48.9 Å². The minimum Gasteiger partial charge on any atom is -0.355 e. The van der Waals surface area contributed by atoms with Crippen molar-refractivity contribution < 1.29 is 18.4 Å². The van der Waals surface area contributed by atoms with Crippen LogP contribution in [0.25, 0.3) is 0 Å². The molecule has 21 heavy (non-hydrogen) atoms. The molecule has 7 heteroatoms. The first-order valence-electron chi connectivity index (χ1n) is 6.78. The van der Waals surface area contributed by atoms with Crippen LogP contribution in [0.1, 0.15) is 17.3 Å². The Morgan fingerprint density at radius 3 is 2.62 bits per heavy atom. The highest BCUT2D eigenvalue weighted by Crippen LogP contribution is 2.14. The maximum absolute atomic E-state index is 13.2. The molecule has 2 N–H and O–H groups in total. The van der Waals surface area contributed by atoms with Gasteiger partial charge in [0.15, 0.2) is 0 Å². The fourth-order valence-corrected chi connectivity index (χ4v) is 2.32. The predicted octanol–water partition coefficient (Wildman–Crippen LogP) is 0.515. The largest absolute Gasteiger partial charge is 0.355 e. The number of halogens is 2. The van der Waals surface area contributed by atoms with Crippen molar-refractivity contribution in [2.45, 2.75) is 13.0 Å². The summed E-state index contributed by atoms with van der Waals surface area (Å²) in [5, 5.41) is 5.68. The minimum atomic E-state index is -0.817. The molecule has 0 aromatic heterocycles. The third kappa shape index (κ3) is 3.55. The Bertz CT molecular complexity index is 531. The Morgan fingerprint density at radius 1 is 1.33 bits per heavy atom. The predicted molar refractivity (Wildman–Crippen MR) is 72.7 cm³/mol. The second-order valence-corrected chi connectivity index (χ2v) is 4.77. The van der Waals surface area contributed by atoms with Crippen molar-refractivity contribution in [1.82, 2.24) is 15.5 Å². The number of benzene rings is 1. The van der Waals surface area contributed by atoms with Gasteiger partial charge in [0.1, 0.15) is 17.7 Å². The Morgan fingerprint density at radius 2 is 2.00 bits per heavy atom. The normalized spacial score (nSPS) is 18.4. The number of carbonyl (C=O) groups is 2. The molecule has 1 saturated heterocycles. The van der Waals surface area contributed by atoms with Gasteiger partial charge in [0.2, 0.25) is 5.91 Å². The summed E-state index contributed by atoms with van der Waals surface area (Å²) < 4.78 is 26.5. The topological polar surface area (TPSA) is 61.4 Å². The average molecular weight is 297 g/mol. The van der Waals surface area contributed by atoms with Crippen molar-refractivity contribution in [3.8, 4) is 0 Å². The zero-order valence-corrected chi connectivity index (χ0v) is 11.7. The summed E-state index contributed by atoms with van der Waals surface area (Å²) in [4.78, 5) is 25.7. The molecule has 0 bridgehead atoms. The molecule has 2 amide bonds. The van der Waals surface area contributed by atoms with Gasteiger partial charge in [-0.15, -0.1) is 0 Å². The smallest absolute Gasteiger partial charge is 0.254 e. The van der Waals surface area contributed by atoms with E-state index in [2.05, 4.69) is 10.6 Å². The van der Waals surface area contributed by atoms with Crippen LogP contribution in [-0.2, 0) is 4.79 Å². The third-order valence-corrected chi connectivity index (χ3v) is 3.27. The van der Waals surface area contributed by atoms with Crippen LogP contribution < -0.4 is 10.6 Å². The van der Waals surface area contributed by atoms with Crippen molar-refractivity contribution in [1.29, 1.82) is 0 Å². The fourth-order valence-electron chi connectivity index (χ4n) is 2.32. The standard InChI is InChI=1S/C14H17F2N3O2/c1-2-18-13(20)12-8-17-3-4-19(12)14(21)9-5-10(15)7-11(16)6-9/h5-7,12,17H,2-4,8H2,1H3,(H,18,20). The molecule has 1 fully saturated rings. The van der Waals surface area contributed by atoms with Gasteiger partial charge in [0.25, 0.3) is 5.91 Å². The van der Waals surface area contributed by atoms with Gasteiger partial charge in [-0.25, -0.2) is 8.78 Å². The molecular weight excluding hydrogens is 280 g/mol. The van der Waals surface area contributed by atoms with E-state index in [-0.39, 0.29) is 11.5 Å². The first-order chi connectivity index (χ1) is 10.0. The zero-order valence-electron chi connectivity index (χ0n) is 11.7. The lowest BCUT2D eigenvalue weighted by Gasteiger charge is -2.35. The quantitative estimate of drug-likeness (QED) is 0.855. The van der Waals surface area contributed by atoms with Gasteiger partial charge in [0.05, 0.1) is 0 Å². The van der Waals surface area contributed by atoms with Crippen molar-refractivity contribution in [3.05, 3.63) is 35.4 Å². The molecule has 0 saturated carbocycles. The van der Waals surface area contributed by atoms with Crippen LogP contribution in [0, 0.1) is 11.6 Å². The molecule has 114 valence electrons. The van der Waals surface area contributed by atoms with E-state index >= 15 is 0 Å². The maximum Gasteiger partial charge on any atom is 0.254 e. The third-order valence-electron chi connectivity index (χ3n) is 3.27. The Hall–Kier alpha value is -2.02. The van der Waals surface area contributed by atoms with E-state index in [9.17, 15) is 18.4 Å². The second kappa shape index (κ2) is 6.62. The van der Waals surface area contributed by atoms with E-state index in [0.29, 0.717) is 32.2 Å². The van der Waals surface area contributed by atoms with E-state index in [4.69, 9.17) is 0 Å². The van der Waals surface area contributed by atoms with Crippen molar-refractivity contribution >= 4 is 11.8 Å². The van der Waals surface area contributed by atoms with Crippen molar-refractivity contribution in [2.24, 2.45) is 0 Å². The molecule has 0 aliphatic carbocycles. The second-order valence-electron chi connectivity index (χ2n) is 4.77. The van der Waals surface area contributed by atoms with Crippen LogP contribution in [0.4, 0.5) is 8.78 Å². The number of carbonyl (C=O) groups excluding carboxylic acids is 2. The number of nitrogens with zero attached hydrogens (tertiary/aromatic N) is 1. The molecule has 0 radical (unpaired) electrons. The molecule has 2 rings (SSSR count). The molecule has 1 aliphatic heterocycles. The Kier molecular flexibility index (Phi) is 4.85. The van der Waals surface area contributed by atoms with Crippen LogP contribution >= 0.6 is 0 Å². The van der Waals surface area contributed by atoms with Gasteiger partial charge in [-0.05, 0) is 19.1 Å². The van der Waals surface area contributed by atoms with E-state index in [1.807, 2.05) is 0 Å². The number of nitrogens with one attached hydrogen (secondary N) is 2. The maximum atomic E-state index is 13.2. The highest BCUT2D eigenvalue weighted by Gasteiger charge is 2.32. The lowest BCUT2D eigenvalue weighted by molar-refractivity contribution is -0.126. The minimum absolute atomic E-state index is 0.0938. The van der Waals surface area contributed by atoms with E-state index in [1.165, 1.54) is 4.90 Å². The number of rotatable bonds is 3. The summed E-state index contributed by atoms with van der Waals surface area (Å²) in [6.07, 6.45) is 0.